The van der Waals surface area contributed by atoms with Crippen LogP contribution in [-0.2, 0) is 11.3 Å². The number of hydrogen-bond donors (Lipinski definition) is 3. The second-order valence-corrected chi connectivity index (χ2v) is 3.68. The lowest BCUT2D eigenvalue weighted by Gasteiger charge is -2.09. The zero-order valence-corrected chi connectivity index (χ0v) is 9.60. The van der Waals surface area contributed by atoms with Crippen LogP contribution in [0.1, 0.15) is 36.1 Å². The molecule has 1 rings (SSSR count). The summed E-state index contributed by atoms with van der Waals surface area (Å²) in [5.74, 6) is -1.16. The van der Waals surface area contributed by atoms with E-state index in [1.165, 1.54) is 12.1 Å². The van der Waals surface area contributed by atoms with E-state index < -0.39 is 12.0 Å². The Balaban J connectivity index is 2.44. The van der Waals surface area contributed by atoms with E-state index in [4.69, 9.17) is 15.3 Å². The lowest BCUT2D eigenvalue weighted by molar-refractivity contribution is -0.122. The summed E-state index contributed by atoms with van der Waals surface area (Å²) in [5.41, 5.74) is 5.61. The zero-order valence-electron chi connectivity index (χ0n) is 9.60. The molecule has 1 heterocycles. The number of furan rings is 1. The quantitative estimate of drug-likeness (QED) is 0.679. The lowest BCUT2D eigenvalue weighted by Crippen LogP contribution is -2.39. The molecule has 17 heavy (non-hydrogen) atoms. The SMILES string of the molecule is CCC[C@@H](N)C(=O)NCc1ccc(C(=O)O)o1. The van der Waals surface area contributed by atoms with Crippen molar-refractivity contribution in [3.63, 3.8) is 0 Å². The number of nitrogens with two attached hydrogens (primary N) is 1. The van der Waals surface area contributed by atoms with Crippen LogP contribution in [0.3, 0.4) is 0 Å². The average molecular weight is 240 g/mol. The van der Waals surface area contributed by atoms with Crippen molar-refractivity contribution in [2.75, 3.05) is 0 Å². The van der Waals surface area contributed by atoms with Gasteiger partial charge in [0.2, 0.25) is 11.7 Å². The Morgan fingerprint density at radius 2 is 2.24 bits per heavy atom. The minimum atomic E-state index is -1.13. The Kier molecular flexibility index (Phi) is 4.71. The van der Waals surface area contributed by atoms with Crippen LogP contribution in [0.25, 0.3) is 0 Å². The minimum Gasteiger partial charge on any atom is -0.475 e. The van der Waals surface area contributed by atoms with Gasteiger partial charge in [0.1, 0.15) is 5.76 Å². The molecule has 0 unspecified atom stereocenters. The number of carboxylic acids is 1. The fourth-order valence-corrected chi connectivity index (χ4v) is 1.34. The van der Waals surface area contributed by atoms with Gasteiger partial charge in [0.25, 0.3) is 0 Å². The molecular formula is C11H16N2O4. The van der Waals surface area contributed by atoms with E-state index in [1.807, 2.05) is 6.92 Å². The highest BCUT2D eigenvalue weighted by Gasteiger charge is 2.13. The smallest absolute Gasteiger partial charge is 0.371 e. The third-order valence-electron chi connectivity index (χ3n) is 2.25. The van der Waals surface area contributed by atoms with Gasteiger partial charge in [-0.1, -0.05) is 13.3 Å². The van der Waals surface area contributed by atoms with Crippen LogP contribution in [0.4, 0.5) is 0 Å². The van der Waals surface area contributed by atoms with Crippen LogP contribution >= 0.6 is 0 Å². The maximum absolute atomic E-state index is 11.5. The number of aromatic carboxylic acids is 1. The number of hydrogen-bond acceptors (Lipinski definition) is 4. The van der Waals surface area contributed by atoms with E-state index in [0.29, 0.717) is 12.2 Å². The van der Waals surface area contributed by atoms with Crippen molar-refractivity contribution in [3.05, 3.63) is 23.7 Å². The fourth-order valence-electron chi connectivity index (χ4n) is 1.34. The highest BCUT2D eigenvalue weighted by Crippen LogP contribution is 2.07. The number of carbonyl (C=O) groups excluding carboxylic acids is 1. The molecule has 0 aliphatic carbocycles. The average Bonchev–Trinajstić information content (AvgIpc) is 2.75. The van der Waals surface area contributed by atoms with E-state index >= 15 is 0 Å². The molecule has 94 valence electrons. The van der Waals surface area contributed by atoms with Crippen LogP contribution < -0.4 is 11.1 Å². The molecule has 6 heteroatoms. The summed E-state index contributed by atoms with van der Waals surface area (Å²) < 4.78 is 4.98. The lowest BCUT2D eigenvalue weighted by atomic mass is 10.2. The van der Waals surface area contributed by atoms with E-state index in [0.717, 1.165) is 6.42 Å². The van der Waals surface area contributed by atoms with E-state index in [9.17, 15) is 9.59 Å². The van der Waals surface area contributed by atoms with Gasteiger partial charge < -0.3 is 20.6 Å². The van der Waals surface area contributed by atoms with Crippen LogP contribution in [-0.4, -0.2) is 23.0 Å². The first kappa shape index (κ1) is 13.2. The maximum Gasteiger partial charge on any atom is 0.371 e. The Labute approximate surface area is 98.8 Å². The molecule has 0 bridgehead atoms. The van der Waals surface area contributed by atoms with Gasteiger partial charge in [-0.2, -0.15) is 0 Å². The summed E-state index contributed by atoms with van der Waals surface area (Å²) in [5, 5.41) is 11.2. The van der Waals surface area contributed by atoms with Crippen LogP contribution in [0, 0.1) is 0 Å². The number of carbonyl (C=O) groups is 2. The Morgan fingerprint density at radius 3 is 2.76 bits per heavy atom. The first-order chi connectivity index (χ1) is 8.04. The van der Waals surface area contributed by atoms with Crippen LogP contribution in [0.2, 0.25) is 0 Å². The number of rotatable bonds is 6. The van der Waals surface area contributed by atoms with E-state index in [2.05, 4.69) is 5.32 Å². The molecule has 0 spiro atoms. The largest absolute Gasteiger partial charge is 0.475 e. The van der Waals surface area contributed by atoms with Gasteiger partial charge in [0.15, 0.2) is 0 Å². The van der Waals surface area contributed by atoms with Gasteiger partial charge in [-0.15, -0.1) is 0 Å². The van der Waals surface area contributed by atoms with Gasteiger partial charge in [0, 0.05) is 0 Å². The number of carboxylic acid groups (broad SMARTS) is 1. The zero-order chi connectivity index (χ0) is 12.8. The van der Waals surface area contributed by atoms with Crippen molar-refractivity contribution >= 4 is 11.9 Å². The molecule has 1 aromatic rings. The molecule has 0 aliphatic heterocycles. The van der Waals surface area contributed by atoms with Crippen molar-refractivity contribution in [2.24, 2.45) is 5.73 Å². The molecule has 0 aromatic carbocycles. The molecular weight excluding hydrogens is 224 g/mol. The maximum atomic E-state index is 11.5. The molecule has 1 aromatic heterocycles. The molecule has 1 atom stereocenters. The van der Waals surface area contributed by atoms with Crippen LogP contribution in [0.15, 0.2) is 16.5 Å². The number of amides is 1. The van der Waals surface area contributed by atoms with Gasteiger partial charge in [-0.3, -0.25) is 4.79 Å². The van der Waals surface area contributed by atoms with E-state index in [1.54, 1.807) is 0 Å². The van der Waals surface area contributed by atoms with Crippen molar-refractivity contribution in [3.8, 4) is 0 Å². The monoisotopic (exact) mass is 240 g/mol. The summed E-state index contributed by atoms with van der Waals surface area (Å²) in [6, 6.07) is 2.32. The van der Waals surface area contributed by atoms with Gasteiger partial charge in [-0.25, -0.2) is 4.79 Å². The highest BCUT2D eigenvalue weighted by molar-refractivity contribution is 5.84. The van der Waals surface area contributed by atoms with Gasteiger partial charge in [-0.05, 0) is 18.6 Å². The first-order valence-electron chi connectivity index (χ1n) is 5.40. The number of nitrogens with one attached hydrogen (secondary N) is 1. The highest BCUT2D eigenvalue weighted by atomic mass is 16.4. The second-order valence-electron chi connectivity index (χ2n) is 3.68. The first-order valence-corrected chi connectivity index (χ1v) is 5.40. The molecule has 0 aliphatic rings. The summed E-state index contributed by atoms with van der Waals surface area (Å²) in [4.78, 5) is 22.0. The molecule has 0 radical (unpaired) electrons. The predicted molar refractivity (Wildman–Crippen MR) is 60.4 cm³/mol. The van der Waals surface area contributed by atoms with Crippen molar-refractivity contribution in [1.82, 2.24) is 5.32 Å². The fraction of sp³-hybridized carbons (Fsp3) is 0.455. The Bertz CT molecular complexity index is 400. The summed E-state index contributed by atoms with van der Waals surface area (Å²) in [6.07, 6.45) is 1.45. The predicted octanol–water partition coefficient (Wildman–Crippen LogP) is 0.721. The molecule has 0 fully saturated rings. The summed E-state index contributed by atoms with van der Waals surface area (Å²) in [6.45, 7) is 2.09. The third-order valence-corrected chi connectivity index (χ3v) is 2.25. The summed E-state index contributed by atoms with van der Waals surface area (Å²) in [7, 11) is 0. The Morgan fingerprint density at radius 1 is 1.53 bits per heavy atom. The topological polar surface area (TPSA) is 106 Å². The molecule has 6 nitrogen and oxygen atoms in total. The standard InChI is InChI=1S/C11H16N2O4/c1-2-3-8(12)10(14)13-6-7-4-5-9(17-7)11(15)16/h4-5,8H,2-3,6,12H2,1H3,(H,13,14)(H,15,16)/t8-/m1/s1. The van der Waals surface area contributed by atoms with Crippen molar-refractivity contribution in [2.45, 2.75) is 32.4 Å². The van der Waals surface area contributed by atoms with Gasteiger partial charge in [0.05, 0.1) is 12.6 Å². The Hall–Kier alpha value is -1.82. The molecule has 1 amide bonds. The molecule has 0 saturated heterocycles. The van der Waals surface area contributed by atoms with Gasteiger partial charge >= 0.3 is 5.97 Å². The van der Waals surface area contributed by atoms with Crippen molar-refractivity contribution < 1.29 is 19.1 Å². The summed E-state index contributed by atoms with van der Waals surface area (Å²) >= 11 is 0. The van der Waals surface area contributed by atoms with E-state index in [-0.39, 0.29) is 18.2 Å². The van der Waals surface area contributed by atoms with Crippen LogP contribution in [0.5, 0.6) is 0 Å². The molecule has 0 saturated carbocycles. The molecule has 4 N–H and O–H groups in total. The second kappa shape index (κ2) is 6.05. The normalized spacial score (nSPS) is 12.1. The third kappa shape index (κ3) is 3.92. The minimum absolute atomic E-state index is 0.142. The van der Waals surface area contributed by atoms with Crippen molar-refractivity contribution in [1.29, 1.82) is 0 Å².